The third-order valence-electron chi connectivity index (χ3n) is 4.13. The van der Waals surface area contributed by atoms with Gasteiger partial charge in [0.2, 0.25) is 0 Å². The number of ether oxygens (including phenoxy) is 1. The second kappa shape index (κ2) is 8.42. The van der Waals surface area contributed by atoms with E-state index in [4.69, 9.17) is 27.7 Å². The predicted octanol–water partition coefficient (Wildman–Crippen LogP) is 2.56. The fourth-order valence-corrected chi connectivity index (χ4v) is 2.92. The number of hydrogen-bond acceptors (Lipinski definition) is 5. The SMILES string of the molecule is CC1CC(/C=C(\N)c2c(F)cccc2F)=C(N)C(O/C(N)=C/C=C\N)C1. The largest absolute Gasteiger partial charge is 0.470 e. The molecule has 0 aliphatic heterocycles. The number of benzene rings is 1. The van der Waals surface area contributed by atoms with E-state index < -0.39 is 17.7 Å². The molecule has 0 saturated carbocycles. The van der Waals surface area contributed by atoms with Gasteiger partial charge in [0.15, 0.2) is 5.88 Å². The van der Waals surface area contributed by atoms with Crippen LogP contribution in [0.2, 0.25) is 0 Å². The highest BCUT2D eigenvalue weighted by atomic mass is 19.1. The van der Waals surface area contributed by atoms with Gasteiger partial charge >= 0.3 is 0 Å². The Morgan fingerprint density at radius 3 is 2.50 bits per heavy atom. The van der Waals surface area contributed by atoms with Crippen molar-refractivity contribution in [2.24, 2.45) is 28.9 Å². The smallest absolute Gasteiger partial charge is 0.184 e. The average Bonchev–Trinajstić information content (AvgIpc) is 2.57. The van der Waals surface area contributed by atoms with Crippen LogP contribution in [0.5, 0.6) is 0 Å². The fourth-order valence-electron chi connectivity index (χ4n) is 2.92. The first kappa shape index (κ1) is 19.4. The van der Waals surface area contributed by atoms with Crippen LogP contribution in [0.25, 0.3) is 5.70 Å². The maximum absolute atomic E-state index is 13.9. The second-order valence-electron chi connectivity index (χ2n) is 6.28. The molecule has 1 aromatic rings. The molecule has 0 amide bonds. The van der Waals surface area contributed by atoms with Gasteiger partial charge in [-0.2, -0.15) is 0 Å². The minimum atomic E-state index is -0.727. The van der Waals surface area contributed by atoms with Crippen LogP contribution in [-0.2, 0) is 4.74 Å². The molecule has 0 fully saturated rings. The van der Waals surface area contributed by atoms with Gasteiger partial charge in [-0.1, -0.05) is 13.0 Å². The van der Waals surface area contributed by atoms with Crippen LogP contribution in [0.15, 0.2) is 59.8 Å². The van der Waals surface area contributed by atoms with Gasteiger partial charge in [-0.05, 0) is 60.9 Å². The highest BCUT2D eigenvalue weighted by Crippen LogP contribution is 2.32. The van der Waals surface area contributed by atoms with Gasteiger partial charge in [0.1, 0.15) is 17.7 Å². The van der Waals surface area contributed by atoms with Crippen LogP contribution in [0.4, 0.5) is 8.78 Å². The van der Waals surface area contributed by atoms with E-state index in [1.165, 1.54) is 24.4 Å². The van der Waals surface area contributed by atoms with Crippen LogP contribution < -0.4 is 22.9 Å². The fraction of sp³-hybridized carbons (Fsp3) is 0.263. The molecule has 2 rings (SSSR count). The summed E-state index contributed by atoms with van der Waals surface area (Å²) < 4.78 is 33.5. The van der Waals surface area contributed by atoms with Crippen LogP contribution in [0.1, 0.15) is 25.3 Å². The number of nitrogens with two attached hydrogens (primary N) is 4. The summed E-state index contributed by atoms with van der Waals surface area (Å²) in [6, 6.07) is 3.60. The van der Waals surface area contributed by atoms with Crippen LogP contribution in [0, 0.1) is 17.6 Å². The zero-order chi connectivity index (χ0) is 19.3. The van der Waals surface area contributed by atoms with Crippen molar-refractivity contribution in [3.8, 4) is 0 Å². The van der Waals surface area contributed by atoms with E-state index in [1.807, 2.05) is 6.92 Å². The molecule has 1 aliphatic carbocycles. The van der Waals surface area contributed by atoms with Crippen molar-refractivity contribution in [2.75, 3.05) is 0 Å². The molecule has 0 spiro atoms. The van der Waals surface area contributed by atoms with Crippen molar-refractivity contribution in [2.45, 2.75) is 25.9 Å². The van der Waals surface area contributed by atoms with E-state index in [1.54, 1.807) is 6.08 Å². The van der Waals surface area contributed by atoms with Gasteiger partial charge in [-0.15, -0.1) is 0 Å². The molecule has 1 aliphatic rings. The topological polar surface area (TPSA) is 113 Å². The summed E-state index contributed by atoms with van der Waals surface area (Å²) in [5.41, 5.74) is 24.0. The zero-order valence-electron chi connectivity index (χ0n) is 14.6. The highest BCUT2D eigenvalue weighted by Gasteiger charge is 2.27. The number of allylic oxidation sites excluding steroid dienone is 4. The Morgan fingerprint density at radius 2 is 1.88 bits per heavy atom. The molecular weight excluding hydrogens is 338 g/mol. The molecule has 0 bridgehead atoms. The summed E-state index contributed by atoms with van der Waals surface area (Å²) in [6.45, 7) is 2.02. The minimum Gasteiger partial charge on any atom is -0.470 e. The summed E-state index contributed by atoms with van der Waals surface area (Å²) in [5, 5.41) is 0. The molecule has 0 aromatic heterocycles. The van der Waals surface area contributed by atoms with Gasteiger partial charge in [-0.25, -0.2) is 8.78 Å². The maximum atomic E-state index is 13.9. The van der Waals surface area contributed by atoms with E-state index in [0.29, 0.717) is 24.1 Å². The van der Waals surface area contributed by atoms with Gasteiger partial charge in [0.05, 0.1) is 11.3 Å². The Bertz CT molecular complexity index is 763. The Hall–Kier alpha value is -2.96. The number of halogens is 2. The lowest BCUT2D eigenvalue weighted by Crippen LogP contribution is -2.30. The van der Waals surface area contributed by atoms with Gasteiger partial charge < -0.3 is 27.7 Å². The zero-order valence-corrected chi connectivity index (χ0v) is 14.6. The van der Waals surface area contributed by atoms with Crippen molar-refractivity contribution in [3.05, 3.63) is 77.0 Å². The molecule has 8 N–H and O–H groups in total. The Balaban J connectivity index is 2.35. The summed E-state index contributed by atoms with van der Waals surface area (Å²) in [5.74, 6) is -1.05. The van der Waals surface area contributed by atoms with Crippen molar-refractivity contribution >= 4 is 5.70 Å². The quantitative estimate of drug-likeness (QED) is 0.475. The van der Waals surface area contributed by atoms with E-state index in [-0.39, 0.29) is 23.1 Å². The Labute approximate surface area is 151 Å². The molecule has 2 unspecified atom stereocenters. The normalized spacial score (nSPS) is 22.1. The summed E-state index contributed by atoms with van der Waals surface area (Å²) in [4.78, 5) is 0. The lowest BCUT2D eigenvalue weighted by Gasteiger charge is -2.30. The van der Waals surface area contributed by atoms with Gasteiger partial charge in [-0.3, -0.25) is 0 Å². The Morgan fingerprint density at radius 1 is 1.23 bits per heavy atom. The molecular formula is C19H24F2N4O. The molecule has 5 nitrogen and oxygen atoms in total. The molecule has 140 valence electrons. The van der Waals surface area contributed by atoms with Crippen molar-refractivity contribution in [3.63, 3.8) is 0 Å². The molecule has 7 heteroatoms. The third-order valence-corrected chi connectivity index (χ3v) is 4.13. The monoisotopic (exact) mass is 362 g/mol. The summed E-state index contributed by atoms with van der Waals surface area (Å²) in [6.07, 6.45) is 6.73. The van der Waals surface area contributed by atoms with Gasteiger partial charge in [0, 0.05) is 5.70 Å². The Kier molecular flexibility index (Phi) is 6.27. The first-order chi connectivity index (χ1) is 12.3. The van der Waals surface area contributed by atoms with E-state index in [2.05, 4.69) is 0 Å². The van der Waals surface area contributed by atoms with E-state index in [0.717, 1.165) is 12.1 Å². The summed E-state index contributed by atoms with van der Waals surface area (Å²) >= 11 is 0. The van der Waals surface area contributed by atoms with Crippen molar-refractivity contribution in [1.82, 2.24) is 0 Å². The van der Waals surface area contributed by atoms with E-state index >= 15 is 0 Å². The van der Waals surface area contributed by atoms with E-state index in [9.17, 15) is 8.78 Å². The van der Waals surface area contributed by atoms with Crippen LogP contribution >= 0.6 is 0 Å². The molecule has 1 aromatic carbocycles. The number of hydrogen-bond donors (Lipinski definition) is 4. The first-order valence-electron chi connectivity index (χ1n) is 8.24. The summed E-state index contributed by atoms with van der Waals surface area (Å²) in [7, 11) is 0. The number of rotatable bonds is 5. The third kappa shape index (κ3) is 4.56. The lowest BCUT2D eigenvalue weighted by molar-refractivity contribution is 0.112. The van der Waals surface area contributed by atoms with Gasteiger partial charge in [0.25, 0.3) is 0 Å². The highest BCUT2D eigenvalue weighted by molar-refractivity contribution is 5.66. The molecule has 0 heterocycles. The molecule has 0 saturated heterocycles. The molecule has 2 atom stereocenters. The average molecular weight is 362 g/mol. The maximum Gasteiger partial charge on any atom is 0.184 e. The van der Waals surface area contributed by atoms with Crippen LogP contribution in [0.3, 0.4) is 0 Å². The molecule has 26 heavy (non-hydrogen) atoms. The predicted molar refractivity (Wildman–Crippen MR) is 98.6 cm³/mol. The van der Waals surface area contributed by atoms with Crippen LogP contribution in [-0.4, -0.2) is 6.10 Å². The lowest BCUT2D eigenvalue weighted by atomic mass is 9.85. The van der Waals surface area contributed by atoms with Crippen molar-refractivity contribution < 1.29 is 13.5 Å². The second-order valence-corrected chi connectivity index (χ2v) is 6.28. The van der Waals surface area contributed by atoms with Crippen molar-refractivity contribution in [1.29, 1.82) is 0 Å². The standard InChI is InChI=1S/C19H24F2N4O/c1-11-8-12(10-15(23)18-13(20)4-2-5-14(18)21)19(25)16(9-11)26-17(24)6-3-7-22/h2-7,10-11,16H,8-9,22-25H2,1H3/b7-3-,15-10-,17-6+. The minimum absolute atomic E-state index is 0.0269. The molecule has 0 radical (unpaired) electrons. The first-order valence-corrected chi connectivity index (χ1v) is 8.24.